The van der Waals surface area contributed by atoms with Crippen molar-refractivity contribution in [3.8, 4) is 0 Å². The van der Waals surface area contributed by atoms with Gasteiger partial charge in [0, 0.05) is 12.2 Å². The molecule has 0 aliphatic heterocycles. The Morgan fingerprint density at radius 2 is 1.67 bits per heavy atom. The second kappa shape index (κ2) is 9.31. The fourth-order valence-corrected chi connectivity index (χ4v) is 2.98. The Bertz CT molecular complexity index is 854. The number of halogens is 1. The quantitative estimate of drug-likeness (QED) is 0.629. The minimum absolute atomic E-state index is 0.0209. The fraction of sp³-hybridized carbons (Fsp3) is 0.182. The van der Waals surface area contributed by atoms with E-state index in [1.165, 1.54) is 11.8 Å². The van der Waals surface area contributed by atoms with Crippen LogP contribution in [-0.4, -0.2) is 16.9 Å². The summed E-state index contributed by atoms with van der Waals surface area (Å²) in [4.78, 5) is 16.7. The van der Waals surface area contributed by atoms with Crippen LogP contribution in [0.1, 0.15) is 24.1 Å². The fourth-order valence-electron chi connectivity index (χ4n) is 2.87. The second-order valence-corrected chi connectivity index (χ2v) is 6.83. The van der Waals surface area contributed by atoms with Crippen molar-refractivity contribution in [1.82, 2.24) is 10.3 Å². The molecule has 0 bridgehead atoms. The van der Waals surface area contributed by atoms with Crippen molar-refractivity contribution in [3.05, 3.63) is 95.1 Å². The van der Waals surface area contributed by atoms with E-state index in [9.17, 15) is 4.79 Å². The molecule has 2 N–H and O–H groups in total. The zero-order chi connectivity index (χ0) is 19.1. The molecule has 0 radical (unpaired) electrons. The van der Waals surface area contributed by atoms with Crippen LogP contribution in [0.15, 0.2) is 79.0 Å². The van der Waals surface area contributed by atoms with Crippen LogP contribution in [0.2, 0.25) is 5.02 Å². The van der Waals surface area contributed by atoms with Crippen molar-refractivity contribution in [2.24, 2.45) is 0 Å². The van der Waals surface area contributed by atoms with Crippen LogP contribution in [0.4, 0.5) is 5.82 Å². The molecule has 3 aromatic rings. The summed E-state index contributed by atoms with van der Waals surface area (Å²) in [5.41, 5.74) is 2.36. The molecule has 0 unspecified atom stereocenters. The maximum Gasteiger partial charge on any atom is 0.242 e. The van der Waals surface area contributed by atoms with Gasteiger partial charge in [0.15, 0.2) is 0 Å². The molecule has 1 heterocycles. The molecule has 0 aliphatic carbocycles. The molecule has 0 spiro atoms. The Labute approximate surface area is 164 Å². The average molecular weight is 380 g/mol. The molecule has 138 valence electrons. The van der Waals surface area contributed by atoms with Gasteiger partial charge in [-0.15, -0.1) is 0 Å². The molecule has 0 saturated heterocycles. The SMILES string of the molecule is C[C@H](N[C@@H](Cc1ccccc1)c1ccccc1)C(=O)Nc1ccc(Cl)cn1. The first-order valence-electron chi connectivity index (χ1n) is 8.89. The van der Waals surface area contributed by atoms with Gasteiger partial charge in [-0.1, -0.05) is 72.3 Å². The van der Waals surface area contributed by atoms with Gasteiger partial charge in [-0.05, 0) is 36.6 Å². The summed E-state index contributed by atoms with van der Waals surface area (Å²) in [6, 6.07) is 23.4. The van der Waals surface area contributed by atoms with Gasteiger partial charge in [-0.2, -0.15) is 0 Å². The molecule has 3 rings (SSSR count). The van der Waals surface area contributed by atoms with Gasteiger partial charge >= 0.3 is 0 Å². The van der Waals surface area contributed by atoms with E-state index in [4.69, 9.17) is 11.6 Å². The zero-order valence-electron chi connectivity index (χ0n) is 15.1. The first-order chi connectivity index (χ1) is 13.1. The summed E-state index contributed by atoms with van der Waals surface area (Å²) in [5.74, 6) is 0.344. The van der Waals surface area contributed by atoms with E-state index in [0.717, 1.165) is 12.0 Å². The average Bonchev–Trinajstić information content (AvgIpc) is 2.70. The maximum absolute atomic E-state index is 12.6. The Morgan fingerprint density at radius 3 is 2.30 bits per heavy atom. The van der Waals surface area contributed by atoms with Crippen LogP contribution >= 0.6 is 11.6 Å². The predicted octanol–water partition coefficient (Wildman–Crippen LogP) is 4.64. The van der Waals surface area contributed by atoms with Crippen LogP contribution < -0.4 is 10.6 Å². The maximum atomic E-state index is 12.6. The number of aromatic nitrogens is 1. The molecule has 0 fully saturated rings. The standard InChI is InChI=1S/C22H22ClN3O/c1-16(22(27)26-21-13-12-19(23)15-24-21)25-20(18-10-6-3-7-11-18)14-17-8-4-2-5-9-17/h2-13,15-16,20,25H,14H2,1H3,(H,24,26,27)/t16-,20-/m0/s1. The van der Waals surface area contributed by atoms with Gasteiger partial charge in [0.25, 0.3) is 0 Å². The van der Waals surface area contributed by atoms with E-state index in [0.29, 0.717) is 10.8 Å². The number of amides is 1. The number of nitrogens with one attached hydrogen (secondary N) is 2. The lowest BCUT2D eigenvalue weighted by Crippen LogP contribution is -2.41. The van der Waals surface area contributed by atoms with Crippen LogP contribution in [0.5, 0.6) is 0 Å². The predicted molar refractivity (Wildman–Crippen MR) is 110 cm³/mol. The summed E-state index contributed by atoms with van der Waals surface area (Å²) in [6.07, 6.45) is 2.30. The molecular formula is C22H22ClN3O. The lowest BCUT2D eigenvalue weighted by molar-refractivity contribution is -0.118. The largest absolute Gasteiger partial charge is 0.309 e. The minimum Gasteiger partial charge on any atom is -0.309 e. The lowest BCUT2D eigenvalue weighted by Gasteiger charge is -2.23. The molecule has 2 aromatic carbocycles. The van der Waals surface area contributed by atoms with Crippen molar-refractivity contribution < 1.29 is 4.79 Å². The summed E-state index contributed by atoms with van der Waals surface area (Å²) >= 11 is 5.84. The number of carbonyl (C=O) groups is 1. The summed E-state index contributed by atoms with van der Waals surface area (Å²) in [5, 5.41) is 6.80. The summed E-state index contributed by atoms with van der Waals surface area (Å²) in [7, 11) is 0. The monoisotopic (exact) mass is 379 g/mol. The Morgan fingerprint density at radius 1 is 1.00 bits per heavy atom. The highest BCUT2D eigenvalue weighted by atomic mass is 35.5. The highest BCUT2D eigenvalue weighted by molar-refractivity contribution is 6.30. The van der Waals surface area contributed by atoms with Gasteiger partial charge in [-0.25, -0.2) is 4.98 Å². The topological polar surface area (TPSA) is 54.0 Å². The molecule has 1 aromatic heterocycles. The highest BCUT2D eigenvalue weighted by Gasteiger charge is 2.20. The third-order valence-electron chi connectivity index (χ3n) is 4.31. The number of benzene rings is 2. The molecule has 1 amide bonds. The summed E-state index contributed by atoms with van der Waals surface area (Å²) < 4.78 is 0. The third-order valence-corrected chi connectivity index (χ3v) is 4.53. The molecule has 5 heteroatoms. The first-order valence-corrected chi connectivity index (χ1v) is 9.27. The Balaban J connectivity index is 1.70. The molecule has 2 atom stereocenters. The van der Waals surface area contributed by atoms with Gasteiger partial charge in [0.2, 0.25) is 5.91 Å². The van der Waals surface area contributed by atoms with Crippen LogP contribution in [-0.2, 0) is 11.2 Å². The number of nitrogens with zero attached hydrogens (tertiary/aromatic N) is 1. The van der Waals surface area contributed by atoms with E-state index < -0.39 is 6.04 Å². The minimum atomic E-state index is -0.392. The lowest BCUT2D eigenvalue weighted by atomic mass is 9.98. The summed E-state index contributed by atoms with van der Waals surface area (Å²) in [6.45, 7) is 1.85. The number of hydrogen-bond acceptors (Lipinski definition) is 3. The number of rotatable bonds is 7. The molecular weight excluding hydrogens is 358 g/mol. The number of anilines is 1. The van der Waals surface area contributed by atoms with Crippen molar-refractivity contribution in [3.63, 3.8) is 0 Å². The molecule has 0 aliphatic rings. The van der Waals surface area contributed by atoms with Gasteiger partial charge in [0.1, 0.15) is 5.82 Å². The van der Waals surface area contributed by atoms with E-state index >= 15 is 0 Å². The van der Waals surface area contributed by atoms with Crippen LogP contribution in [0.25, 0.3) is 0 Å². The second-order valence-electron chi connectivity index (χ2n) is 6.39. The van der Waals surface area contributed by atoms with E-state index in [-0.39, 0.29) is 11.9 Å². The van der Waals surface area contributed by atoms with Crippen molar-refractivity contribution in [1.29, 1.82) is 0 Å². The van der Waals surface area contributed by atoms with Crippen LogP contribution in [0.3, 0.4) is 0 Å². The normalized spacial score (nSPS) is 13.0. The van der Waals surface area contributed by atoms with Crippen molar-refractivity contribution in [2.75, 3.05) is 5.32 Å². The Hall–Kier alpha value is -2.69. The molecule has 4 nitrogen and oxygen atoms in total. The van der Waals surface area contributed by atoms with Crippen LogP contribution in [0, 0.1) is 0 Å². The molecule has 0 saturated carbocycles. The van der Waals surface area contributed by atoms with Gasteiger partial charge in [0.05, 0.1) is 11.1 Å². The Kier molecular flexibility index (Phi) is 6.58. The van der Waals surface area contributed by atoms with E-state index in [1.807, 2.05) is 43.3 Å². The highest BCUT2D eigenvalue weighted by Crippen LogP contribution is 2.19. The smallest absolute Gasteiger partial charge is 0.242 e. The number of carbonyl (C=O) groups excluding carboxylic acids is 1. The van der Waals surface area contributed by atoms with Gasteiger partial charge in [-0.3, -0.25) is 10.1 Å². The van der Waals surface area contributed by atoms with E-state index in [1.54, 1.807) is 12.1 Å². The number of hydrogen-bond donors (Lipinski definition) is 2. The van der Waals surface area contributed by atoms with E-state index in [2.05, 4.69) is 39.9 Å². The zero-order valence-corrected chi connectivity index (χ0v) is 15.9. The number of pyridine rings is 1. The molecule has 27 heavy (non-hydrogen) atoms. The first kappa shape index (κ1) is 19.1. The van der Waals surface area contributed by atoms with Gasteiger partial charge < -0.3 is 5.32 Å². The third kappa shape index (κ3) is 5.64. The van der Waals surface area contributed by atoms with Crippen molar-refractivity contribution in [2.45, 2.75) is 25.4 Å². The van der Waals surface area contributed by atoms with Crippen molar-refractivity contribution >= 4 is 23.3 Å².